The Kier molecular flexibility index (Phi) is 4.80. The number of carboxylic acid groups (broad SMARTS) is 1. The SMILES string of the molecule is O=C(O)/C(=C\c1cccc([N+](=O)[O-])c1)c1cc(Cl)ccc1Cl. The van der Waals surface area contributed by atoms with E-state index in [1.165, 1.54) is 36.4 Å². The quantitative estimate of drug-likeness (QED) is 0.384. The lowest BCUT2D eigenvalue weighted by atomic mass is 10.0. The molecule has 0 aromatic heterocycles. The second kappa shape index (κ2) is 6.60. The highest BCUT2D eigenvalue weighted by Gasteiger charge is 2.15. The summed E-state index contributed by atoms with van der Waals surface area (Å²) in [5.41, 5.74) is 0.388. The fraction of sp³-hybridized carbons (Fsp3) is 0. The molecule has 1 N–H and O–H groups in total. The molecule has 0 unspecified atom stereocenters. The first-order valence-electron chi connectivity index (χ1n) is 6.03. The summed E-state index contributed by atoms with van der Waals surface area (Å²) in [5, 5.41) is 20.7. The van der Waals surface area contributed by atoms with E-state index in [1.54, 1.807) is 12.1 Å². The third-order valence-electron chi connectivity index (χ3n) is 2.84. The fourth-order valence-corrected chi connectivity index (χ4v) is 2.24. The number of rotatable bonds is 4. The van der Waals surface area contributed by atoms with Crippen LogP contribution < -0.4 is 0 Å². The van der Waals surface area contributed by atoms with Crippen LogP contribution in [0.3, 0.4) is 0 Å². The van der Waals surface area contributed by atoms with Crippen molar-refractivity contribution >= 4 is 46.5 Å². The summed E-state index contributed by atoms with van der Waals surface area (Å²) in [5.74, 6) is -1.21. The minimum Gasteiger partial charge on any atom is -0.478 e. The average Bonchev–Trinajstić information content (AvgIpc) is 2.47. The number of non-ortho nitro benzene ring substituents is 1. The molecule has 0 fully saturated rings. The Morgan fingerprint density at radius 3 is 2.55 bits per heavy atom. The van der Waals surface area contributed by atoms with Crippen LogP contribution >= 0.6 is 23.2 Å². The zero-order valence-corrected chi connectivity index (χ0v) is 12.5. The minimum atomic E-state index is -1.21. The first-order valence-corrected chi connectivity index (χ1v) is 6.79. The van der Waals surface area contributed by atoms with Crippen LogP contribution in [0.25, 0.3) is 11.6 Å². The summed E-state index contributed by atoms with van der Waals surface area (Å²) in [4.78, 5) is 21.7. The maximum absolute atomic E-state index is 11.5. The van der Waals surface area contributed by atoms with Gasteiger partial charge in [0.1, 0.15) is 0 Å². The minimum absolute atomic E-state index is 0.104. The number of halogens is 2. The first kappa shape index (κ1) is 16.0. The summed E-state index contributed by atoms with van der Waals surface area (Å²) in [6.07, 6.45) is 1.31. The number of carbonyl (C=O) groups is 1. The van der Waals surface area contributed by atoms with Gasteiger partial charge in [-0.05, 0) is 29.8 Å². The van der Waals surface area contributed by atoms with Crippen LogP contribution in [0.15, 0.2) is 42.5 Å². The molecule has 2 rings (SSSR count). The fourth-order valence-electron chi connectivity index (χ4n) is 1.85. The molecule has 2 aromatic carbocycles. The third-order valence-corrected chi connectivity index (χ3v) is 3.41. The molecule has 0 amide bonds. The predicted octanol–water partition coefficient (Wildman–Crippen LogP) is 4.53. The van der Waals surface area contributed by atoms with Crippen molar-refractivity contribution in [1.82, 2.24) is 0 Å². The predicted molar refractivity (Wildman–Crippen MR) is 85.1 cm³/mol. The van der Waals surface area contributed by atoms with E-state index in [1.807, 2.05) is 0 Å². The van der Waals surface area contributed by atoms with Gasteiger partial charge in [-0.3, -0.25) is 10.1 Å². The molecule has 22 heavy (non-hydrogen) atoms. The van der Waals surface area contributed by atoms with E-state index in [4.69, 9.17) is 23.2 Å². The maximum Gasteiger partial charge on any atom is 0.336 e. The standard InChI is InChI=1S/C15H9Cl2NO4/c16-10-4-5-14(17)12(8-10)13(15(19)20)7-9-2-1-3-11(6-9)18(21)22/h1-8H,(H,19,20)/b13-7-. The van der Waals surface area contributed by atoms with Gasteiger partial charge in [-0.25, -0.2) is 4.79 Å². The van der Waals surface area contributed by atoms with Crippen LogP contribution in [-0.4, -0.2) is 16.0 Å². The van der Waals surface area contributed by atoms with Crippen LogP contribution in [0.5, 0.6) is 0 Å². The monoisotopic (exact) mass is 337 g/mol. The largest absolute Gasteiger partial charge is 0.478 e. The molecule has 0 atom stereocenters. The normalized spacial score (nSPS) is 11.3. The van der Waals surface area contributed by atoms with Gasteiger partial charge in [0.2, 0.25) is 0 Å². The number of aliphatic carboxylic acids is 1. The van der Waals surface area contributed by atoms with Gasteiger partial charge >= 0.3 is 5.97 Å². The van der Waals surface area contributed by atoms with Crippen molar-refractivity contribution in [2.75, 3.05) is 0 Å². The molecule has 5 nitrogen and oxygen atoms in total. The van der Waals surface area contributed by atoms with Gasteiger partial charge in [0.15, 0.2) is 0 Å². The second-order valence-electron chi connectivity index (χ2n) is 4.34. The number of carboxylic acids is 1. The van der Waals surface area contributed by atoms with Crippen LogP contribution in [0.1, 0.15) is 11.1 Å². The molecule has 0 heterocycles. The number of hydrogen-bond donors (Lipinski definition) is 1. The molecule has 0 radical (unpaired) electrons. The molecule has 0 saturated heterocycles. The molecule has 112 valence electrons. The smallest absolute Gasteiger partial charge is 0.336 e. The molecule has 2 aromatic rings. The lowest BCUT2D eigenvalue weighted by molar-refractivity contribution is -0.384. The first-order chi connectivity index (χ1) is 10.4. The third kappa shape index (κ3) is 3.63. The zero-order valence-electron chi connectivity index (χ0n) is 11.0. The van der Waals surface area contributed by atoms with E-state index in [0.29, 0.717) is 10.6 Å². The van der Waals surface area contributed by atoms with E-state index in [9.17, 15) is 20.0 Å². The molecular formula is C15H9Cl2NO4. The highest BCUT2D eigenvalue weighted by molar-refractivity contribution is 6.37. The Morgan fingerprint density at radius 1 is 1.18 bits per heavy atom. The van der Waals surface area contributed by atoms with Gasteiger partial charge < -0.3 is 5.11 Å². The number of nitro groups is 1. The van der Waals surface area contributed by atoms with E-state index in [-0.39, 0.29) is 21.8 Å². The van der Waals surface area contributed by atoms with E-state index in [0.717, 1.165) is 0 Å². The van der Waals surface area contributed by atoms with Crippen molar-refractivity contribution in [3.63, 3.8) is 0 Å². The summed E-state index contributed by atoms with van der Waals surface area (Å²) in [6, 6.07) is 10.1. The van der Waals surface area contributed by atoms with Gasteiger partial charge in [-0.2, -0.15) is 0 Å². The van der Waals surface area contributed by atoms with Crippen LogP contribution in [0.4, 0.5) is 5.69 Å². The van der Waals surface area contributed by atoms with Crippen LogP contribution in [-0.2, 0) is 4.79 Å². The van der Waals surface area contributed by atoms with Gasteiger partial charge in [-0.15, -0.1) is 0 Å². The van der Waals surface area contributed by atoms with E-state index < -0.39 is 10.9 Å². The van der Waals surface area contributed by atoms with Gasteiger partial charge in [0.05, 0.1) is 10.5 Å². The summed E-state index contributed by atoms with van der Waals surface area (Å²) in [6.45, 7) is 0. The molecule has 0 aliphatic rings. The lowest BCUT2D eigenvalue weighted by Crippen LogP contribution is -2.00. The van der Waals surface area contributed by atoms with Gasteiger partial charge in [-0.1, -0.05) is 35.3 Å². The topological polar surface area (TPSA) is 80.4 Å². The highest BCUT2D eigenvalue weighted by atomic mass is 35.5. The zero-order chi connectivity index (χ0) is 16.3. The van der Waals surface area contributed by atoms with Crippen molar-refractivity contribution in [2.45, 2.75) is 0 Å². The molecule has 7 heteroatoms. The van der Waals surface area contributed by atoms with Crippen molar-refractivity contribution in [3.05, 3.63) is 73.8 Å². The Bertz CT molecular complexity index is 787. The number of nitro benzene ring substituents is 1. The van der Waals surface area contributed by atoms with Gasteiger partial charge in [0, 0.05) is 27.7 Å². The Hall–Kier alpha value is -2.37. The molecule has 0 aliphatic heterocycles. The lowest BCUT2D eigenvalue weighted by Gasteiger charge is -2.06. The molecule has 0 aliphatic carbocycles. The van der Waals surface area contributed by atoms with E-state index in [2.05, 4.69) is 0 Å². The number of nitrogens with zero attached hydrogens (tertiary/aromatic N) is 1. The molecule has 0 bridgehead atoms. The van der Waals surface area contributed by atoms with Crippen molar-refractivity contribution in [3.8, 4) is 0 Å². The maximum atomic E-state index is 11.5. The summed E-state index contributed by atoms with van der Waals surface area (Å²) >= 11 is 11.9. The van der Waals surface area contributed by atoms with Crippen molar-refractivity contribution in [1.29, 1.82) is 0 Å². The number of hydrogen-bond acceptors (Lipinski definition) is 3. The number of benzene rings is 2. The average molecular weight is 338 g/mol. The van der Waals surface area contributed by atoms with Gasteiger partial charge in [0.25, 0.3) is 5.69 Å². The van der Waals surface area contributed by atoms with E-state index >= 15 is 0 Å². The summed E-state index contributed by atoms with van der Waals surface area (Å²) in [7, 11) is 0. The molecule has 0 saturated carbocycles. The van der Waals surface area contributed by atoms with Crippen molar-refractivity contribution in [2.24, 2.45) is 0 Å². The molecular weight excluding hydrogens is 329 g/mol. The van der Waals surface area contributed by atoms with Crippen LogP contribution in [0, 0.1) is 10.1 Å². The highest BCUT2D eigenvalue weighted by Crippen LogP contribution is 2.29. The Balaban J connectivity index is 2.57. The second-order valence-corrected chi connectivity index (χ2v) is 5.18. The Labute approximate surface area is 135 Å². The Morgan fingerprint density at radius 2 is 1.91 bits per heavy atom. The summed E-state index contributed by atoms with van der Waals surface area (Å²) < 4.78 is 0. The van der Waals surface area contributed by atoms with Crippen LogP contribution in [0.2, 0.25) is 10.0 Å². The molecule has 0 spiro atoms. The van der Waals surface area contributed by atoms with Crippen molar-refractivity contribution < 1.29 is 14.8 Å².